The van der Waals surface area contributed by atoms with Gasteiger partial charge < -0.3 is 0 Å². The Bertz CT molecular complexity index is 519. The Labute approximate surface area is 113 Å². The fraction of sp³-hybridized carbons (Fsp3) is 0.400. The van der Waals surface area contributed by atoms with Gasteiger partial charge in [-0.15, -0.1) is 0 Å². The van der Waals surface area contributed by atoms with Crippen LogP contribution in [0.1, 0.15) is 42.4 Å². The summed E-state index contributed by atoms with van der Waals surface area (Å²) in [6.07, 6.45) is 4.81. The third-order valence-corrected chi connectivity index (χ3v) is 3.03. The summed E-state index contributed by atoms with van der Waals surface area (Å²) in [6.45, 7) is 3.01. The second kappa shape index (κ2) is 6.83. The summed E-state index contributed by atoms with van der Waals surface area (Å²) in [6, 6.07) is 9.43. The van der Waals surface area contributed by atoms with E-state index in [9.17, 15) is 4.79 Å². The zero-order valence-electron chi connectivity index (χ0n) is 11.2. The molecule has 19 heavy (non-hydrogen) atoms. The summed E-state index contributed by atoms with van der Waals surface area (Å²) >= 11 is 0. The Morgan fingerprint density at radius 3 is 2.79 bits per heavy atom. The van der Waals surface area contributed by atoms with Crippen LogP contribution in [0.3, 0.4) is 0 Å². The summed E-state index contributed by atoms with van der Waals surface area (Å²) in [5, 5.41) is 4.18. The van der Waals surface area contributed by atoms with Gasteiger partial charge in [0, 0.05) is 24.9 Å². The van der Waals surface area contributed by atoms with Gasteiger partial charge in [0.15, 0.2) is 5.78 Å². The first kappa shape index (κ1) is 13.5. The van der Waals surface area contributed by atoms with E-state index in [0.717, 1.165) is 37.2 Å². The summed E-state index contributed by atoms with van der Waals surface area (Å²) in [5.41, 5.74) is 0.789. The maximum atomic E-state index is 11.9. The van der Waals surface area contributed by atoms with Gasteiger partial charge in [-0.2, -0.15) is 5.10 Å². The van der Waals surface area contributed by atoms with Crippen molar-refractivity contribution in [2.45, 2.75) is 39.2 Å². The lowest BCUT2D eigenvalue weighted by Gasteiger charge is -2.04. The van der Waals surface area contributed by atoms with E-state index in [1.807, 2.05) is 35.0 Å². The summed E-state index contributed by atoms with van der Waals surface area (Å²) in [4.78, 5) is 16.2. The summed E-state index contributed by atoms with van der Waals surface area (Å²) in [7, 11) is 0. The molecular weight excluding hydrogens is 238 g/mol. The van der Waals surface area contributed by atoms with Crippen LogP contribution in [0.2, 0.25) is 0 Å². The van der Waals surface area contributed by atoms with Gasteiger partial charge >= 0.3 is 0 Å². The quantitative estimate of drug-likeness (QED) is 0.716. The van der Waals surface area contributed by atoms with Gasteiger partial charge in [0.2, 0.25) is 0 Å². The van der Waals surface area contributed by atoms with Crippen molar-refractivity contribution in [1.29, 1.82) is 0 Å². The molecule has 100 valence electrons. The summed E-state index contributed by atoms with van der Waals surface area (Å²) < 4.78 is 1.92. The number of benzene rings is 1. The van der Waals surface area contributed by atoms with Crippen molar-refractivity contribution in [3.63, 3.8) is 0 Å². The number of carbonyl (C=O) groups excluding carboxylic acids is 1. The van der Waals surface area contributed by atoms with E-state index in [4.69, 9.17) is 0 Å². The number of hydrogen-bond acceptors (Lipinski definition) is 3. The van der Waals surface area contributed by atoms with E-state index in [1.54, 1.807) is 6.33 Å². The minimum atomic E-state index is 0.196. The molecule has 0 saturated heterocycles. The first-order valence-corrected chi connectivity index (χ1v) is 6.76. The SMILES string of the molecule is CCCn1ncnc1CCCC(=O)c1ccccc1. The number of ketones is 1. The van der Waals surface area contributed by atoms with Crippen LogP contribution in [-0.2, 0) is 13.0 Å². The number of carbonyl (C=O) groups is 1. The first-order chi connectivity index (χ1) is 9.31. The Balaban J connectivity index is 1.83. The molecule has 0 fully saturated rings. The average molecular weight is 257 g/mol. The molecule has 2 aromatic rings. The van der Waals surface area contributed by atoms with Crippen LogP contribution in [0.25, 0.3) is 0 Å². The van der Waals surface area contributed by atoms with E-state index >= 15 is 0 Å². The van der Waals surface area contributed by atoms with Gasteiger partial charge in [-0.3, -0.25) is 9.48 Å². The Morgan fingerprint density at radius 1 is 1.26 bits per heavy atom. The molecule has 4 heteroatoms. The van der Waals surface area contributed by atoms with Crippen molar-refractivity contribution in [2.75, 3.05) is 0 Å². The molecule has 0 spiro atoms. The normalized spacial score (nSPS) is 10.6. The number of nitrogens with zero attached hydrogens (tertiary/aromatic N) is 3. The highest BCUT2D eigenvalue weighted by atomic mass is 16.1. The monoisotopic (exact) mass is 257 g/mol. The van der Waals surface area contributed by atoms with Crippen molar-refractivity contribution in [2.24, 2.45) is 0 Å². The fourth-order valence-electron chi connectivity index (χ4n) is 2.06. The zero-order chi connectivity index (χ0) is 13.5. The fourth-order valence-corrected chi connectivity index (χ4v) is 2.06. The van der Waals surface area contributed by atoms with Crippen LogP contribution >= 0.6 is 0 Å². The molecule has 2 rings (SSSR count). The third kappa shape index (κ3) is 3.74. The van der Waals surface area contributed by atoms with Crippen LogP contribution in [0.5, 0.6) is 0 Å². The molecule has 1 heterocycles. The maximum Gasteiger partial charge on any atom is 0.162 e. The number of aryl methyl sites for hydroxylation is 2. The van der Waals surface area contributed by atoms with Crippen LogP contribution < -0.4 is 0 Å². The predicted octanol–water partition coefficient (Wildman–Crippen LogP) is 2.89. The van der Waals surface area contributed by atoms with Crippen molar-refractivity contribution < 1.29 is 4.79 Å². The molecule has 1 aromatic heterocycles. The van der Waals surface area contributed by atoms with Crippen molar-refractivity contribution >= 4 is 5.78 Å². The highest BCUT2D eigenvalue weighted by Gasteiger charge is 2.07. The zero-order valence-corrected chi connectivity index (χ0v) is 11.2. The lowest BCUT2D eigenvalue weighted by molar-refractivity contribution is 0.0980. The highest BCUT2D eigenvalue weighted by molar-refractivity contribution is 5.95. The number of rotatable bonds is 7. The molecule has 0 atom stereocenters. The lowest BCUT2D eigenvalue weighted by atomic mass is 10.1. The van der Waals surface area contributed by atoms with Crippen molar-refractivity contribution in [3.8, 4) is 0 Å². The van der Waals surface area contributed by atoms with Crippen LogP contribution in [0, 0.1) is 0 Å². The molecular formula is C15H19N3O. The van der Waals surface area contributed by atoms with Gasteiger partial charge in [0.1, 0.15) is 12.2 Å². The molecule has 0 aliphatic carbocycles. The Hall–Kier alpha value is -1.97. The van der Waals surface area contributed by atoms with Gasteiger partial charge in [-0.25, -0.2) is 4.98 Å². The number of hydrogen-bond donors (Lipinski definition) is 0. The van der Waals surface area contributed by atoms with E-state index in [1.165, 1.54) is 0 Å². The third-order valence-electron chi connectivity index (χ3n) is 3.03. The van der Waals surface area contributed by atoms with Crippen LogP contribution in [-0.4, -0.2) is 20.5 Å². The number of Topliss-reactive ketones (excluding diaryl/α,β-unsaturated/α-hetero) is 1. The predicted molar refractivity (Wildman–Crippen MR) is 74.0 cm³/mol. The molecule has 0 bridgehead atoms. The highest BCUT2D eigenvalue weighted by Crippen LogP contribution is 2.08. The first-order valence-electron chi connectivity index (χ1n) is 6.76. The van der Waals surface area contributed by atoms with E-state index < -0.39 is 0 Å². The van der Waals surface area contributed by atoms with Crippen molar-refractivity contribution in [3.05, 3.63) is 48.0 Å². The Morgan fingerprint density at radius 2 is 2.05 bits per heavy atom. The Kier molecular flexibility index (Phi) is 4.84. The second-order valence-corrected chi connectivity index (χ2v) is 4.54. The van der Waals surface area contributed by atoms with Gasteiger partial charge in [0.05, 0.1) is 0 Å². The molecule has 0 N–H and O–H groups in total. The molecule has 0 radical (unpaired) electrons. The second-order valence-electron chi connectivity index (χ2n) is 4.54. The minimum absolute atomic E-state index is 0.196. The van der Waals surface area contributed by atoms with Gasteiger partial charge in [0.25, 0.3) is 0 Å². The molecule has 4 nitrogen and oxygen atoms in total. The minimum Gasteiger partial charge on any atom is -0.294 e. The smallest absolute Gasteiger partial charge is 0.162 e. The lowest BCUT2D eigenvalue weighted by Crippen LogP contribution is -2.06. The van der Waals surface area contributed by atoms with E-state index in [-0.39, 0.29) is 5.78 Å². The van der Waals surface area contributed by atoms with Gasteiger partial charge in [-0.1, -0.05) is 37.3 Å². The molecule has 0 amide bonds. The van der Waals surface area contributed by atoms with Gasteiger partial charge in [-0.05, 0) is 12.8 Å². The molecule has 0 aliphatic heterocycles. The van der Waals surface area contributed by atoms with Crippen LogP contribution in [0.15, 0.2) is 36.7 Å². The van der Waals surface area contributed by atoms with Crippen LogP contribution in [0.4, 0.5) is 0 Å². The number of aromatic nitrogens is 3. The topological polar surface area (TPSA) is 47.8 Å². The van der Waals surface area contributed by atoms with Crippen molar-refractivity contribution in [1.82, 2.24) is 14.8 Å². The maximum absolute atomic E-state index is 11.9. The standard InChI is InChI=1S/C15H19N3O/c1-2-11-18-15(16-12-17-18)10-6-9-14(19)13-7-4-3-5-8-13/h3-5,7-8,12H,2,6,9-11H2,1H3. The summed E-state index contributed by atoms with van der Waals surface area (Å²) in [5.74, 6) is 1.17. The molecule has 0 saturated carbocycles. The molecule has 0 unspecified atom stereocenters. The average Bonchev–Trinajstić information content (AvgIpc) is 2.88. The largest absolute Gasteiger partial charge is 0.294 e. The molecule has 1 aromatic carbocycles. The van der Waals surface area contributed by atoms with E-state index in [0.29, 0.717) is 6.42 Å². The van der Waals surface area contributed by atoms with E-state index in [2.05, 4.69) is 17.0 Å². The molecule has 0 aliphatic rings.